The third kappa shape index (κ3) is 3.06. The van der Waals surface area contributed by atoms with Crippen LogP contribution in [0.15, 0.2) is 30.3 Å². The molecule has 2 rings (SSSR count). The Morgan fingerprint density at radius 3 is 2.44 bits per heavy atom. The van der Waals surface area contributed by atoms with Crippen LogP contribution >= 0.6 is 0 Å². The van der Waals surface area contributed by atoms with Crippen molar-refractivity contribution in [2.75, 3.05) is 6.61 Å². The molecule has 0 saturated carbocycles. The van der Waals surface area contributed by atoms with Crippen LogP contribution in [0.2, 0.25) is 0 Å². The van der Waals surface area contributed by atoms with Crippen molar-refractivity contribution in [1.29, 1.82) is 0 Å². The Bertz CT molecular complexity index is 326. The molecule has 1 aromatic rings. The second-order valence-corrected chi connectivity index (χ2v) is 5.46. The maximum Gasteiger partial charge on any atom is 0.108 e. The summed E-state index contributed by atoms with van der Waals surface area (Å²) in [5.41, 5.74) is 1.45. The van der Waals surface area contributed by atoms with E-state index >= 15 is 0 Å². The molecule has 1 heterocycles. The van der Waals surface area contributed by atoms with Gasteiger partial charge >= 0.3 is 0 Å². The molecule has 88 valence electrons. The first-order chi connectivity index (χ1) is 7.57. The minimum absolute atomic E-state index is 0.237. The summed E-state index contributed by atoms with van der Waals surface area (Å²) >= 11 is 0. The van der Waals surface area contributed by atoms with Crippen LogP contribution in [0.3, 0.4) is 0 Å². The van der Waals surface area contributed by atoms with Gasteiger partial charge in [-0.3, -0.25) is 0 Å². The minimum atomic E-state index is 0.237. The fourth-order valence-corrected chi connectivity index (χ4v) is 1.90. The van der Waals surface area contributed by atoms with E-state index in [4.69, 9.17) is 9.47 Å². The molecule has 0 unspecified atom stereocenters. The molecule has 1 aliphatic rings. The summed E-state index contributed by atoms with van der Waals surface area (Å²) in [5, 5.41) is 0. The molecule has 0 aliphatic carbocycles. The lowest BCUT2D eigenvalue weighted by molar-refractivity contribution is 0.104. The van der Waals surface area contributed by atoms with Crippen LogP contribution in [0.4, 0.5) is 0 Å². The van der Waals surface area contributed by atoms with Crippen LogP contribution in [0.1, 0.15) is 26.3 Å². The largest absolute Gasteiger partial charge is 0.374 e. The molecule has 0 radical (unpaired) electrons. The molecule has 2 atom stereocenters. The minimum Gasteiger partial charge on any atom is -0.374 e. The average Bonchev–Trinajstić information content (AvgIpc) is 2.98. The number of rotatable bonds is 4. The molecular weight excluding hydrogens is 200 g/mol. The van der Waals surface area contributed by atoms with Gasteiger partial charge in [0, 0.05) is 0 Å². The predicted molar refractivity (Wildman–Crippen MR) is 64.2 cm³/mol. The Balaban J connectivity index is 1.68. The van der Waals surface area contributed by atoms with Gasteiger partial charge in [0.05, 0.1) is 19.3 Å². The number of ether oxygens (including phenoxy) is 2. The zero-order valence-electron chi connectivity index (χ0n) is 10.3. The molecule has 16 heavy (non-hydrogen) atoms. The summed E-state index contributed by atoms with van der Waals surface area (Å²) < 4.78 is 11.2. The molecule has 0 bridgehead atoms. The van der Waals surface area contributed by atoms with Crippen molar-refractivity contribution in [3.8, 4) is 0 Å². The van der Waals surface area contributed by atoms with Gasteiger partial charge in [-0.25, -0.2) is 0 Å². The molecule has 0 spiro atoms. The van der Waals surface area contributed by atoms with Gasteiger partial charge in [-0.2, -0.15) is 0 Å². The van der Waals surface area contributed by atoms with Crippen molar-refractivity contribution >= 4 is 0 Å². The zero-order valence-corrected chi connectivity index (χ0v) is 10.3. The van der Waals surface area contributed by atoms with Crippen LogP contribution in [0.5, 0.6) is 0 Å². The highest BCUT2D eigenvalue weighted by molar-refractivity contribution is 5.13. The van der Waals surface area contributed by atoms with E-state index in [9.17, 15) is 0 Å². The van der Waals surface area contributed by atoms with Crippen molar-refractivity contribution in [2.45, 2.75) is 39.6 Å². The Labute approximate surface area is 97.6 Å². The van der Waals surface area contributed by atoms with Crippen molar-refractivity contribution in [3.63, 3.8) is 0 Å². The molecule has 1 saturated heterocycles. The molecule has 1 fully saturated rings. The van der Waals surface area contributed by atoms with E-state index in [0.717, 1.165) is 0 Å². The summed E-state index contributed by atoms with van der Waals surface area (Å²) in [4.78, 5) is 0. The highest BCUT2D eigenvalue weighted by Gasteiger charge is 2.47. The lowest BCUT2D eigenvalue weighted by atomic mass is 9.90. The number of hydrogen-bond donors (Lipinski definition) is 0. The van der Waals surface area contributed by atoms with Crippen molar-refractivity contribution < 1.29 is 9.47 Å². The van der Waals surface area contributed by atoms with Crippen LogP contribution in [0.25, 0.3) is 0 Å². The normalized spacial score (nSPS) is 24.4. The van der Waals surface area contributed by atoms with Crippen molar-refractivity contribution in [2.24, 2.45) is 5.41 Å². The van der Waals surface area contributed by atoms with E-state index in [1.54, 1.807) is 0 Å². The third-order valence-corrected chi connectivity index (χ3v) is 2.83. The number of benzene rings is 1. The quantitative estimate of drug-likeness (QED) is 0.727. The Kier molecular flexibility index (Phi) is 3.31. The van der Waals surface area contributed by atoms with Gasteiger partial charge < -0.3 is 9.47 Å². The monoisotopic (exact) mass is 220 g/mol. The Hall–Kier alpha value is -0.860. The van der Waals surface area contributed by atoms with E-state index < -0.39 is 0 Å². The van der Waals surface area contributed by atoms with E-state index in [1.807, 2.05) is 18.2 Å². The second kappa shape index (κ2) is 4.56. The van der Waals surface area contributed by atoms with Crippen LogP contribution < -0.4 is 0 Å². The van der Waals surface area contributed by atoms with E-state index in [2.05, 4.69) is 32.9 Å². The predicted octanol–water partition coefficient (Wildman–Crippen LogP) is 3.02. The molecule has 2 nitrogen and oxygen atoms in total. The molecule has 0 N–H and O–H groups in total. The zero-order chi connectivity index (χ0) is 11.6. The maximum atomic E-state index is 5.64. The van der Waals surface area contributed by atoms with Crippen LogP contribution in [-0.4, -0.2) is 18.8 Å². The van der Waals surface area contributed by atoms with Gasteiger partial charge in [0.25, 0.3) is 0 Å². The summed E-state index contributed by atoms with van der Waals surface area (Å²) in [6.07, 6.45) is 0.659. The summed E-state index contributed by atoms with van der Waals surface area (Å²) in [6.45, 7) is 7.99. The Morgan fingerprint density at radius 1 is 1.19 bits per heavy atom. The number of epoxide rings is 1. The van der Waals surface area contributed by atoms with E-state index in [-0.39, 0.29) is 5.41 Å². The third-order valence-electron chi connectivity index (χ3n) is 2.83. The highest BCUT2D eigenvalue weighted by atomic mass is 16.6. The number of hydrogen-bond acceptors (Lipinski definition) is 2. The highest BCUT2D eigenvalue weighted by Crippen LogP contribution is 2.38. The molecule has 2 heteroatoms. The SMILES string of the molecule is CC(C)(C)[C@H]1O[C@@H]1COCc1ccccc1. The molecule has 1 aliphatic heterocycles. The standard InChI is InChI=1S/C14H20O2/c1-14(2,3)13-12(16-13)10-15-9-11-7-5-4-6-8-11/h4-8,12-13H,9-10H2,1-3H3/t12-,13+/m1/s1. The average molecular weight is 220 g/mol. The molecule has 1 aromatic carbocycles. The Morgan fingerprint density at radius 2 is 1.88 bits per heavy atom. The lowest BCUT2D eigenvalue weighted by Gasteiger charge is -2.14. The van der Waals surface area contributed by atoms with Crippen molar-refractivity contribution in [3.05, 3.63) is 35.9 Å². The molecule has 0 amide bonds. The van der Waals surface area contributed by atoms with E-state index in [0.29, 0.717) is 25.4 Å². The van der Waals surface area contributed by atoms with Crippen molar-refractivity contribution in [1.82, 2.24) is 0 Å². The topological polar surface area (TPSA) is 21.8 Å². The van der Waals surface area contributed by atoms with E-state index in [1.165, 1.54) is 5.56 Å². The smallest absolute Gasteiger partial charge is 0.108 e. The summed E-state index contributed by atoms with van der Waals surface area (Å²) in [7, 11) is 0. The fraction of sp³-hybridized carbons (Fsp3) is 0.571. The summed E-state index contributed by atoms with van der Waals surface area (Å²) in [6, 6.07) is 10.2. The van der Waals surface area contributed by atoms with Crippen LogP contribution in [0, 0.1) is 5.41 Å². The van der Waals surface area contributed by atoms with Gasteiger partial charge in [0.1, 0.15) is 6.10 Å². The first-order valence-electron chi connectivity index (χ1n) is 5.84. The van der Waals surface area contributed by atoms with Gasteiger partial charge in [-0.15, -0.1) is 0 Å². The molecule has 0 aromatic heterocycles. The first-order valence-corrected chi connectivity index (χ1v) is 5.84. The van der Waals surface area contributed by atoms with Gasteiger partial charge in [-0.05, 0) is 11.0 Å². The summed E-state index contributed by atoms with van der Waals surface area (Å²) in [5.74, 6) is 0. The van der Waals surface area contributed by atoms with Crippen LogP contribution in [-0.2, 0) is 16.1 Å². The lowest BCUT2D eigenvalue weighted by Crippen LogP contribution is -2.18. The fourth-order valence-electron chi connectivity index (χ4n) is 1.90. The van der Waals surface area contributed by atoms with Gasteiger partial charge in [-0.1, -0.05) is 51.1 Å². The molecular formula is C14H20O2. The second-order valence-electron chi connectivity index (χ2n) is 5.46. The van der Waals surface area contributed by atoms with Gasteiger partial charge in [0.15, 0.2) is 0 Å². The van der Waals surface area contributed by atoms with Gasteiger partial charge in [0.2, 0.25) is 0 Å². The maximum absolute atomic E-state index is 5.64. The first kappa shape index (κ1) is 11.6.